The molecule has 11 heteroatoms. The molecule has 1 atom stereocenters. The highest BCUT2D eigenvalue weighted by Gasteiger charge is 2.41. The lowest BCUT2D eigenvalue weighted by atomic mass is 10.2. The van der Waals surface area contributed by atoms with Gasteiger partial charge >= 0.3 is 12.4 Å². The van der Waals surface area contributed by atoms with Gasteiger partial charge in [-0.2, -0.15) is 26.3 Å². The van der Waals surface area contributed by atoms with Gasteiger partial charge in [0.25, 0.3) is 0 Å². The van der Waals surface area contributed by atoms with Crippen LogP contribution in [0.2, 0.25) is 0 Å². The van der Waals surface area contributed by atoms with Crippen molar-refractivity contribution >= 4 is 23.5 Å². The minimum absolute atomic E-state index is 0.149. The first-order chi connectivity index (χ1) is 9.50. The van der Waals surface area contributed by atoms with Crippen molar-refractivity contribution in [1.29, 1.82) is 0 Å². The molecule has 1 aromatic rings. The van der Waals surface area contributed by atoms with Crippen molar-refractivity contribution in [2.24, 2.45) is 0 Å². The predicted octanol–water partition coefficient (Wildman–Crippen LogP) is 2.47. The van der Waals surface area contributed by atoms with Gasteiger partial charge in [0.15, 0.2) is 5.56 Å². The fourth-order valence-electron chi connectivity index (χ4n) is 1.60. The molecular weight excluding hydrogens is 326 g/mol. The maximum absolute atomic E-state index is 12.7. The molecule has 0 radical (unpaired) electrons. The lowest BCUT2D eigenvalue weighted by molar-refractivity contribution is -0.145. The number of alkyl halides is 6. The Kier molecular flexibility index (Phi) is 3.82. The van der Waals surface area contributed by atoms with E-state index in [2.05, 4.69) is 4.98 Å². The van der Waals surface area contributed by atoms with E-state index in [0.29, 0.717) is 22.7 Å². The second kappa shape index (κ2) is 5.05. The van der Waals surface area contributed by atoms with Gasteiger partial charge in [-0.25, -0.2) is 4.98 Å². The molecule has 4 nitrogen and oxygen atoms in total. The van der Waals surface area contributed by atoms with Crippen LogP contribution in [-0.2, 0) is 17.1 Å². The summed E-state index contributed by atoms with van der Waals surface area (Å²) in [6.45, 7) is 0. The number of carbonyl (C=O) groups excluding carboxylic acids is 1. The highest BCUT2D eigenvalue weighted by molar-refractivity contribution is 8.01. The van der Waals surface area contributed by atoms with Crippen molar-refractivity contribution in [3.8, 4) is 0 Å². The fourth-order valence-corrected chi connectivity index (χ4v) is 2.41. The molecular formula is C10H6F6N2O2S. The summed E-state index contributed by atoms with van der Waals surface area (Å²) in [4.78, 5) is 14.9. The average molecular weight is 332 g/mol. The molecule has 0 saturated carbocycles. The van der Waals surface area contributed by atoms with E-state index in [1.54, 1.807) is 0 Å². The third-order valence-electron chi connectivity index (χ3n) is 2.52. The van der Waals surface area contributed by atoms with Crippen molar-refractivity contribution in [1.82, 2.24) is 4.98 Å². The lowest BCUT2D eigenvalue weighted by Gasteiger charge is -2.21. The number of aromatic nitrogens is 1. The molecule has 1 amide bonds. The van der Waals surface area contributed by atoms with Gasteiger partial charge in [0, 0.05) is 0 Å². The van der Waals surface area contributed by atoms with Gasteiger partial charge < -0.3 is 5.11 Å². The first-order valence-corrected chi connectivity index (χ1v) is 6.33. The van der Waals surface area contributed by atoms with Crippen molar-refractivity contribution in [3.63, 3.8) is 0 Å². The summed E-state index contributed by atoms with van der Waals surface area (Å²) in [5, 5.41) is 9.47. The summed E-state index contributed by atoms with van der Waals surface area (Å²) in [6.07, 6.45) is -10.2. The fraction of sp³-hybridized carbons (Fsp3) is 0.400. The van der Waals surface area contributed by atoms with Crippen LogP contribution in [0.15, 0.2) is 12.1 Å². The summed E-state index contributed by atoms with van der Waals surface area (Å²) in [5.41, 5.74) is -4.96. The lowest BCUT2D eigenvalue weighted by Crippen LogP contribution is -2.34. The maximum Gasteiger partial charge on any atom is 0.433 e. The zero-order valence-electron chi connectivity index (χ0n) is 9.87. The number of pyridine rings is 1. The molecule has 1 aromatic heterocycles. The van der Waals surface area contributed by atoms with Crippen LogP contribution < -0.4 is 4.90 Å². The summed E-state index contributed by atoms with van der Waals surface area (Å²) in [5.74, 6) is -1.98. The first-order valence-electron chi connectivity index (χ1n) is 5.28. The topological polar surface area (TPSA) is 53.4 Å². The monoisotopic (exact) mass is 332 g/mol. The molecule has 21 heavy (non-hydrogen) atoms. The molecule has 0 bridgehead atoms. The van der Waals surface area contributed by atoms with Crippen molar-refractivity contribution in [2.45, 2.75) is 17.9 Å². The Morgan fingerprint density at radius 1 is 1.19 bits per heavy atom. The van der Waals surface area contributed by atoms with E-state index in [1.165, 1.54) is 0 Å². The molecule has 116 valence electrons. The molecule has 1 aliphatic rings. The van der Waals surface area contributed by atoms with Crippen LogP contribution in [0.5, 0.6) is 0 Å². The minimum Gasteiger partial charge on any atom is -0.364 e. The number of carbonyl (C=O) groups is 1. The van der Waals surface area contributed by atoms with Crippen LogP contribution >= 0.6 is 11.8 Å². The SMILES string of the molecule is O=C1CSC(O)N1c1cc(C(F)(F)F)cc(C(F)(F)F)n1. The van der Waals surface area contributed by atoms with Gasteiger partial charge in [-0.1, -0.05) is 11.8 Å². The predicted molar refractivity (Wildman–Crippen MR) is 60.2 cm³/mol. The number of aliphatic hydroxyl groups excluding tert-OH is 1. The van der Waals surface area contributed by atoms with E-state index in [0.717, 1.165) is 0 Å². The van der Waals surface area contributed by atoms with Gasteiger partial charge in [-0.15, -0.1) is 0 Å². The number of rotatable bonds is 1. The van der Waals surface area contributed by atoms with E-state index in [9.17, 15) is 36.2 Å². The Hall–Kier alpha value is -1.49. The zero-order chi connectivity index (χ0) is 16.0. The summed E-state index contributed by atoms with van der Waals surface area (Å²) < 4.78 is 75.8. The van der Waals surface area contributed by atoms with Crippen molar-refractivity contribution in [3.05, 3.63) is 23.4 Å². The second-order valence-corrected chi connectivity index (χ2v) is 5.04. The molecule has 1 N–H and O–H groups in total. The van der Waals surface area contributed by atoms with E-state index in [-0.39, 0.29) is 11.8 Å². The Balaban J connectivity index is 2.58. The highest BCUT2D eigenvalue weighted by atomic mass is 32.2. The molecule has 2 heterocycles. The van der Waals surface area contributed by atoms with Crippen LogP contribution in [-0.4, -0.2) is 27.3 Å². The average Bonchev–Trinajstić information content (AvgIpc) is 2.66. The Labute approximate surface area is 117 Å². The molecule has 2 rings (SSSR count). The summed E-state index contributed by atoms with van der Waals surface area (Å²) >= 11 is 0.664. The minimum atomic E-state index is -5.11. The zero-order valence-corrected chi connectivity index (χ0v) is 10.7. The van der Waals surface area contributed by atoms with Crippen LogP contribution in [0, 0.1) is 0 Å². The number of hydrogen-bond donors (Lipinski definition) is 1. The number of nitrogens with zero attached hydrogens (tertiary/aromatic N) is 2. The molecule has 1 unspecified atom stereocenters. The second-order valence-electron chi connectivity index (χ2n) is 4.00. The standard InChI is InChI=1S/C10H6F6N2O2S/c11-9(12,13)4-1-5(10(14,15)16)17-6(2-4)18-7(19)3-21-8(18)20/h1-2,8,20H,3H2. The van der Waals surface area contributed by atoms with E-state index < -0.39 is 40.9 Å². The van der Waals surface area contributed by atoms with Crippen molar-refractivity contribution in [2.75, 3.05) is 10.7 Å². The Morgan fingerprint density at radius 3 is 2.24 bits per heavy atom. The molecule has 1 fully saturated rings. The van der Waals surface area contributed by atoms with Gasteiger partial charge in [0.2, 0.25) is 5.91 Å². The summed E-state index contributed by atoms with van der Waals surface area (Å²) in [6, 6.07) is 0.145. The maximum atomic E-state index is 12.7. The van der Waals surface area contributed by atoms with E-state index in [1.807, 2.05) is 0 Å². The van der Waals surface area contributed by atoms with E-state index in [4.69, 9.17) is 0 Å². The Morgan fingerprint density at radius 2 is 1.81 bits per heavy atom. The van der Waals surface area contributed by atoms with Gasteiger partial charge in [0.1, 0.15) is 11.5 Å². The molecule has 0 aliphatic carbocycles. The van der Waals surface area contributed by atoms with Crippen LogP contribution in [0.25, 0.3) is 0 Å². The smallest absolute Gasteiger partial charge is 0.364 e. The number of halogens is 6. The van der Waals surface area contributed by atoms with Crippen LogP contribution in [0.1, 0.15) is 11.3 Å². The van der Waals surface area contributed by atoms with Crippen molar-refractivity contribution < 1.29 is 36.2 Å². The number of thioether (sulfide) groups is 1. The highest BCUT2D eigenvalue weighted by Crippen LogP contribution is 2.38. The molecule has 0 spiro atoms. The Bertz CT molecular complexity index is 541. The van der Waals surface area contributed by atoms with Gasteiger partial charge in [0.05, 0.1) is 11.3 Å². The van der Waals surface area contributed by atoms with Crippen LogP contribution in [0.3, 0.4) is 0 Å². The van der Waals surface area contributed by atoms with E-state index >= 15 is 0 Å². The number of aliphatic hydroxyl groups is 1. The van der Waals surface area contributed by atoms with Gasteiger partial charge in [-0.05, 0) is 12.1 Å². The van der Waals surface area contributed by atoms with Crippen LogP contribution in [0.4, 0.5) is 32.2 Å². The summed E-state index contributed by atoms with van der Waals surface area (Å²) in [7, 11) is 0. The quantitative estimate of drug-likeness (QED) is 0.803. The number of anilines is 1. The molecule has 0 aromatic carbocycles. The number of hydrogen-bond acceptors (Lipinski definition) is 4. The largest absolute Gasteiger partial charge is 0.433 e. The normalized spacial score (nSPS) is 20.2. The van der Waals surface area contributed by atoms with Gasteiger partial charge in [-0.3, -0.25) is 9.69 Å². The third kappa shape index (κ3) is 3.23. The number of amides is 1. The third-order valence-corrected chi connectivity index (χ3v) is 3.44. The molecule has 1 aliphatic heterocycles. The molecule has 1 saturated heterocycles. The first kappa shape index (κ1) is 15.9.